The van der Waals surface area contributed by atoms with Crippen molar-refractivity contribution in [2.45, 2.75) is 68.3 Å². The summed E-state index contributed by atoms with van der Waals surface area (Å²) in [5.41, 5.74) is 4.23. The number of piperidine rings is 1. The molecule has 6 heteroatoms. The molecule has 2 aliphatic rings. The SMILES string of the molecule is CC(Sc1nc2c(cc1C#N)CCCC2)C(=O)NC1CCN(Cc2ccccc2)CC1. The molecule has 1 aromatic heterocycles. The van der Waals surface area contributed by atoms with E-state index in [9.17, 15) is 10.1 Å². The molecule has 5 nitrogen and oxygen atoms in total. The van der Waals surface area contributed by atoms with E-state index in [1.807, 2.05) is 19.1 Å². The van der Waals surface area contributed by atoms with E-state index < -0.39 is 0 Å². The minimum atomic E-state index is -0.274. The number of hydrogen-bond donors (Lipinski definition) is 1. The lowest BCUT2D eigenvalue weighted by molar-refractivity contribution is -0.121. The highest BCUT2D eigenvalue weighted by atomic mass is 32.2. The molecule has 2 heterocycles. The number of likely N-dealkylation sites (tertiary alicyclic amines) is 1. The molecule has 1 amide bonds. The first-order valence-corrected chi connectivity index (χ1v) is 12.2. The molecule has 2 aromatic rings. The van der Waals surface area contributed by atoms with E-state index in [1.165, 1.54) is 22.9 Å². The van der Waals surface area contributed by atoms with E-state index in [2.05, 4.69) is 40.6 Å². The molecule has 1 aromatic carbocycles. The summed E-state index contributed by atoms with van der Waals surface area (Å²) in [6.45, 7) is 4.86. The van der Waals surface area contributed by atoms with Crippen molar-refractivity contribution in [3.05, 3.63) is 58.8 Å². The number of aryl methyl sites for hydroxylation is 2. The number of pyridine rings is 1. The maximum absolute atomic E-state index is 12.8. The van der Waals surface area contributed by atoms with E-state index in [4.69, 9.17) is 4.98 Å². The Bertz CT molecular complexity index is 948. The standard InChI is InChI=1S/C25H30N4OS/c1-18(31-25-21(16-26)15-20-9-5-6-10-23(20)28-25)24(30)27-22-11-13-29(14-12-22)17-19-7-3-2-4-8-19/h2-4,7-8,15,18,22H,5-6,9-14,17H2,1H3,(H,27,30). The molecule has 0 radical (unpaired) electrons. The summed E-state index contributed by atoms with van der Waals surface area (Å²) >= 11 is 1.41. The highest BCUT2D eigenvalue weighted by Gasteiger charge is 2.25. The Hall–Kier alpha value is -2.36. The van der Waals surface area contributed by atoms with E-state index >= 15 is 0 Å². The highest BCUT2D eigenvalue weighted by Crippen LogP contribution is 2.30. The number of aromatic nitrogens is 1. The molecule has 4 rings (SSSR count). The van der Waals surface area contributed by atoms with Crippen molar-refractivity contribution in [1.82, 2.24) is 15.2 Å². The Labute approximate surface area is 189 Å². The monoisotopic (exact) mass is 434 g/mol. The summed E-state index contributed by atoms with van der Waals surface area (Å²) in [6.07, 6.45) is 6.22. The van der Waals surface area contributed by atoms with Gasteiger partial charge in [0.15, 0.2) is 0 Å². The second-order valence-corrected chi connectivity index (χ2v) is 9.90. The minimum absolute atomic E-state index is 0.0370. The first kappa shape index (κ1) is 21.9. The zero-order chi connectivity index (χ0) is 21.6. The summed E-state index contributed by atoms with van der Waals surface area (Å²) < 4.78 is 0. The fraction of sp³-hybridized carbons (Fsp3) is 0.480. The zero-order valence-corrected chi connectivity index (χ0v) is 19.0. The van der Waals surface area contributed by atoms with Crippen LogP contribution in [-0.2, 0) is 24.2 Å². The number of carbonyl (C=O) groups excluding carboxylic acids is 1. The highest BCUT2D eigenvalue weighted by molar-refractivity contribution is 8.00. The molecule has 1 aliphatic heterocycles. The number of fused-ring (bicyclic) bond motifs is 1. The maximum atomic E-state index is 12.8. The second-order valence-electron chi connectivity index (χ2n) is 8.57. The van der Waals surface area contributed by atoms with Crippen LogP contribution < -0.4 is 5.32 Å². The Kier molecular flexibility index (Phi) is 7.26. The number of nitrogens with one attached hydrogen (secondary N) is 1. The molecule has 1 saturated heterocycles. The molecule has 0 saturated carbocycles. The molecule has 31 heavy (non-hydrogen) atoms. The van der Waals surface area contributed by atoms with Crippen molar-refractivity contribution in [1.29, 1.82) is 5.26 Å². The molecular weight excluding hydrogens is 404 g/mol. The maximum Gasteiger partial charge on any atom is 0.233 e. The van der Waals surface area contributed by atoms with Gasteiger partial charge in [-0.15, -0.1) is 0 Å². The van der Waals surface area contributed by atoms with Crippen LogP contribution in [0.15, 0.2) is 41.4 Å². The van der Waals surface area contributed by atoms with Crippen molar-refractivity contribution in [2.24, 2.45) is 0 Å². The number of hydrogen-bond acceptors (Lipinski definition) is 5. The van der Waals surface area contributed by atoms with Gasteiger partial charge in [0.1, 0.15) is 11.1 Å². The Balaban J connectivity index is 1.29. The van der Waals surface area contributed by atoms with Gasteiger partial charge in [-0.1, -0.05) is 42.1 Å². The predicted molar refractivity (Wildman–Crippen MR) is 124 cm³/mol. The molecule has 1 unspecified atom stereocenters. The number of nitrogens with zero attached hydrogens (tertiary/aromatic N) is 3. The minimum Gasteiger partial charge on any atom is -0.352 e. The Morgan fingerprint density at radius 2 is 2.00 bits per heavy atom. The number of thioether (sulfide) groups is 1. The molecule has 0 spiro atoms. The number of nitriles is 1. The van der Waals surface area contributed by atoms with Crippen LogP contribution in [0, 0.1) is 11.3 Å². The third-order valence-corrected chi connectivity index (χ3v) is 7.33. The van der Waals surface area contributed by atoms with Gasteiger partial charge in [0.2, 0.25) is 5.91 Å². The van der Waals surface area contributed by atoms with Gasteiger partial charge in [0, 0.05) is 31.4 Å². The first-order valence-electron chi connectivity index (χ1n) is 11.3. The van der Waals surface area contributed by atoms with Gasteiger partial charge in [0.25, 0.3) is 0 Å². The zero-order valence-electron chi connectivity index (χ0n) is 18.1. The molecule has 1 aliphatic carbocycles. The van der Waals surface area contributed by atoms with Crippen molar-refractivity contribution >= 4 is 17.7 Å². The summed E-state index contributed by atoms with van der Waals surface area (Å²) in [7, 11) is 0. The normalized spacial score (nSPS) is 18.1. The Morgan fingerprint density at radius 1 is 1.26 bits per heavy atom. The third kappa shape index (κ3) is 5.66. The van der Waals surface area contributed by atoms with Crippen LogP contribution in [0.25, 0.3) is 0 Å². The molecule has 162 valence electrons. The van der Waals surface area contributed by atoms with Crippen LogP contribution >= 0.6 is 11.8 Å². The van der Waals surface area contributed by atoms with Gasteiger partial charge in [0.05, 0.1) is 10.8 Å². The third-order valence-electron chi connectivity index (χ3n) is 6.23. The number of benzene rings is 1. The lowest BCUT2D eigenvalue weighted by Gasteiger charge is -2.32. The second kappa shape index (κ2) is 10.3. The average Bonchev–Trinajstić information content (AvgIpc) is 2.80. The number of rotatable bonds is 6. The summed E-state index contributed by atoms with van der Waals surface area (Å²) in [5, 5.41) is 13.2. The first-order chi connectivity index (χ1) is 15.1. The van der Waals surface area contributed by atoms with E-state index in [-0.39, 0.29) is 17.2 Å². The van der Waals surface area contributed by atoms with Gasteiger partial charge in [-0.25, -0.2) is 4.98 Å². The van der Waals surface area contributed by atoms with Crippen LogP contribution in [0.2, 0.25) is 0 Å². The molecule has 1 N–H and O–H groups in total. The molecule has 1 fully saturated rings. The van der Waals surface area contributed by atoms with Crippen molar-refractivity contribution in [2.75, 3.05) is 13.1 Å². The quantitative estimate of drug-likeness (QED) is 0.694. The lowest BCUT2D eigenvalue weighted by Crippen LogP contribution is -2.46. The van der Waals surface area contributed by atoms with Gasteiger partial charge >= 0.3 is 0 Å². The van der Waals surface area contributed by atoms with Crippen LogP contribution in [0.1, 0.15) is 55.0 Å². The van der Waals surface area contributed by atoms with E-state index in [0.29, 0.717) is 10.6 Å². The fourth-order valence-corrected chi connectivity index (χ4v) is 5.31. The van der Waals surface area contributed by atoms with Crippen molar-refractivity contribution in [3.63, 3.8) is 0 Å². The van der Waals surface area contributed by atoms with Gasteiger partial charge < -0.3 is 5.32 Å². The van der Waals surface area contributed by atoms with Gasteiger partial charge in [-0.05, 0) is 62.6 Å². The largest absolute Gasteiger partial charge is 0.352 e. The van der Waals surface area contributed by atoms with E-state index in [0.717, 1.165) is 63.9 Å². The average molecular weight is 435 g/mol. The summed E-state index contributed by atoms with van der Waals surface area (Å²) in [4.78, 5) is 20.0. The van der Waals surface area contributed by atoms with Crippen molar-refractivity contribution < 1.29 is 4.79 Å². The summed E-state index contributed by atoms with van der Waals surface area (Å²) in [6, 6.07) is 15.0. The molecule has 1 atom stereocenters. The van der Waals surface area contributed by atoms with E-state index in [1.54, 1.807) is 0 Å². The van der Waals surface area contributed by atoms with Gasteiger partial charge in [-0.3, -0.25) is 9.69 Å². The van der Waals surface area contributed by atoms with Crippen LogP contribution in [0.3, 0.4) is 0 Å². The molecular formula is C25H30N4OS. The number of carbonyl (C=O) groups is 1. The van der Waals surface area contributed by atoms with Crippen LogP contribution in [-0.4, -0.2) is 40.2 Å². The summed E-state index contributed by atoms with van der Waals surface area (Å²) in [5.74, 6) is 0.0370. The van der Waals surface area contributed by atoms with Crippen molar-refractivity contribution in [3.8, 4) is 6.07 Å². The van der Waals surface area contributed by atoms with Gasteiger partial charge in [-0.2, -0.15) is 5.26 Å². The number of amides is 1. The van der Waals surface area contributed by atoms with Crippen LogP contribution in [0.4, 0.5) is 0 Å². The van der Waals surface area contributed by atoms with Crippen LogP contribution in [0.5, 0.6) is 0 Å². The lowest BCUT2D eigenvalue weighted by atomic mass is 9.95. The topological polar surface area (TPSA) is 69.0 Å². The fourth-order valence-electron chi connectivity index (χ4n) is 4.40. The smallest absolute Gasteiger partial charge is 0.233 e. The predicted octanol–water partition coefficient (Wildman–Crippen LogP) is 4.09. The molecule has 0 bridgehead atoms. The Morgan fingerprint density at radius 3 is 2.74 bits per heavy atom.